The van der Waals surface area contributed by atoms with Gasteiger partial charge in [-0.25, -0.2) is 9.97 Å². The van der Waals surface area contributed by atoms with Gasteiger partial charge in [0.2, 0.25) is 0 Å². The Balaban J connectivity index is 2.21. The van der Waals surface area contributed by atoms with Crippen molar-refractivity contribution in [2.24, 2.45) is 5.73 Å². The van der Waals surface area contributed by atoms with Gasteiger partial charge in [-0.2, -0.15) is 0 Å². The smallest absolute Gasteiger partial charge is 0.160 e. The largest absolute Gasteiger partial charge is 0.370 e. The first-order chi connectivity index (χ1) is 9.20. The molecule has 1 aromatic heterocycles. The van der Waals surface area contributed by atoms with Crippen LogP contribution >= 0.6 is 0 Å². The van der Waals surface area contributed by atoms with Gasteiger partial charge in [0.25, 0.3) is 0 Å². The first-order valence-electron chi connectivity index (χ1n) is 7.33. The molecule has 0 amide bonds. The molecule has 1 heterocycles. The maximum absolute atomic E-state index is 6.01. The van der Waals surface area contributed by atoms with Crippen molar-refractivity contribution in [2.75, 3.05) is 7.11 Å². The first-order valence-corrected chi connectivity index (χ1v) is 7.33. The quantitative estimate of drug-likeness (QED) is 0.887. The van der Waals surface area contributed by atoms with E-state index in [0.29, 0.717) is 0 Å². The molecular weight excluding hydrogens is 238 g/mol. The van der Waals surface area contributed by atoms with Crippen molar-refractivity contribution in [3.63, 3.8) is 0 Å². The third-order valence-electron chi connectivity index (χ3n) is 4.17. The molecule has 1 fully saturated rings. The molecule has 1 atom stereocenters. The summed E-state index contributed by atoms with van der Waals surface area (Å²) < 4.78 is 5.79. The lowest BCUT2D eigenvalue weighted by Gasteiger charge is -2.34. The van der Waals surface area contributed by atoms with E-state index >= 15 is 0 Å². The van der Waals surface area contributed by atoms with E-state index < -0.39 is 0 Å². The molecule has 0 radical (unpaired) electrons. The van der Waals surface area contributed by atoms with Gasteiger partial charge in [-0.3, -0.25) is 0 Å². The molecule has 4 nitrogen and oxygen atoms in total. The number of rotatable bonds is 5. The Hall–Kier alpha value is -1.00. The molecule has 2 rings (SSSR count). The monoisotopic (exact) mass is 263 g/mol. The molecule has 1 aliphatic carbocycles. The summed E-state index contributed by atoms with van der Waals surface area (Å²) in [6.45, 7) is 2.10. The van der Waals surface area contributed by atoms with Gasteiger partial charge < -0.3 is 10.5 Å². The summed E-state index contributed by atoms with van der Waals surface area (Å²) in [4.78, 5) is 9.17. The maximum Gasteiger partial charge on any atom is 0.160 e. The lowest BCUT2D eigenvalue weighted by Crippen LogP contribution is -2.34. The Bertz CT molecular complexity index is 402. The molecule has 106 valence electrons. The van der Waals surface area contributed by atoms with Crippen molar-refractivity contribution in [3.8, 4) is 0 Å². The Kier molecular flexibility index (Phi) is 4.88. The highest BCUT2D eigenvalue weighted by Crippen LogP contribution is 2.38. The lowest BCUT2D eigenvalue weighted by molar-refractivity contribution is -0.0516. The van der Waals surface area contributed by atoms with Gasteiger partial charge in [-0.05, 0) is 25.3 Å². The average Bonchev–Trinajstić information content (AvgIpc) is 2.48. The predicted octanol–water partition coefficient (Wildman–Crippen LogP) is 2.56. The second-order valence-corrected chi connectivity index (χ2v) is 5.50. The highest BCUT2D eigenvalue weighted by Gasteiger charge is 2.36. The molecule has 0 bridgehead atoms. The number of hydrogen-bond donors (Lipinski definition) is 1. The molecule has 2 N–H and O–H groups in total. The van der Waals surface area contributed by atoms with Crippen LogP contribution in [0.25, 0.3) is 0 Å². The fourth-order valence-corrected chi connectivity index (χ4v) is 2.78. The fraction of sp³-hybridized carbons (Fsp3) is 0.733. The van der Waals surface area contributed by atoms with Crippen LogP contribution in [0, 0.1) is 0 Å². The zero-order valence-corrected chi connectivity index (χ0v) is 12.1. The van der Waals surface area contributed by atoms with Gasteiger partial charge in [0.1, 0.15) is 5.60 Å². The van der Waals surface area contributed by atoms with Crippen LogP contribution in [-0.4, -0.2) is 23.1 Å². The van der Waals surface area contributed by atoms with Crippen molar-refractivity contribution < 1.29 is 4.74 Å². The second kappa shape index (κ2) is 6.44. The summed E-state index contributed by atoms with van der Waals surface area (Å²) in [5, 5.41) is 0. The number of hydrogen-bond acceptors (Lipinski definition) is 4. The van der Waals surface area contributed by atoms with E-state index in [1.165, 1.54) is 19.3 Å². The molecule has 4 heteroatoms. The van der Waals surface area contributed by atoms with Crippen LogP contribution in [0.1, 0.15) is 57.0 Å². The summed E-state index contributed by atoms with van der Waals surface area (Å²) in [5.41, 5.74) is 6.76. The SMILES string of the molecule is CCC(N)Cc1ccnc(C2(OC)CCCCC2)n1. The summed E-state index contributed by atoms with van der Waals surface area (Å²) in [5.74, 6) is 0.843. The topological polar surface area (TPSA) is 61.0 Å². The first kappa shape index (κ1) is 14.4. The zero-order valence-electron chi connectivity index (χ0n) is 12.1. The van der Waals surface area contributed by atoms with Crippen molar-refractivity contribution in [1.29, 1.82) is 0 Å². The normalized spacial score (nSPS) is 20.2. The summed E-state index contributed by atoms with van der Waals surface area (Å²) in [6.07, 6.45) is 9.33. The van der Waals surface area contributed by atoms with Crippen LogP contribution in [0.5, 0.6) is 0 Å². The van der Waals surface area contributed by atoms with E-state index in [-0.39, 0.29) is 11.6 Å². The zero-order chi connectivity index (χ0) is 13.7. The molecule has 1 saturated carbocycles. The number of methoxy groups -OCH3 is 1. The van der Waals surface area contributed by atoms with Crippen LogP contribution in [0.15, 0.2) is 12.3 Å². The van der Waals surface area contributed by atoms with E-state index in [4.69, 9.17) is 15.5 Å². The van der Waals surface area contributed by atoms with Gasteiger partial charge in [-0.15, -0.1) is 0 Å². The Morgan fingerprint density at radius 3 is 2.74 bits per heavy atom. The molecule has 1 aliphatic rings. The van der Waals surface area contributed by atoms with Crippen LogP contribution in [-0.2, 0) is 16.8 Å². The Morgan fingerprint density at radius 2 is 2.11 bits per heavy atom. The number of aromatic nitrogens is 2. The van der Waals surface area contributed by atoms with Crippen molar-refractivity contribution in [3.05, 3.63) is 23.8 Å². The third kappa shape index (κ3) is 3.31. The van der Waals surface area contributed by atoms with E-state index in [1.807, 2.05) is 12.3 Å². The van der Waals surface area contributed by atoms with E-state index in [9.17, 15) is 0 Å². The molecule has 0 saturated heterocycles. The minimum absolute atomic E-state index is 0.174. The molecule has 0 spiro atoms. The van der Waals surface area contributed by atoms with E-state index in [1.54, 1.807) is 7.11 Å². The van der Waals surface area contributed by atoms with Gasteiger partial charge in [-0.1, -0.05) is 26.2 Å². The van der Waals surface area contributed by atoms with Gasteiger partial charge >= 0.3 is 0 Å². The molecular formula is C15H25N3O. The Labute approximate surface area is 115 Å². The van der Waals surface area contributed by atoms with Crippen molar-refractivity contribution >= 4 is 0 Å². The maximum atomic E-state index is 6.01. The minimum Gasteiger partial charge on any atom is -0.370 e. The number of nitrogens with zero attached hydrogens (tertiary/aromatic N) is 2. The minimum atomic E-state index is -0.273. The fourth-order valence-electron chi connectivity index (χ4n) is 2.78. The molecule has 0 aliphatic heterocycles. The number of nitrogens with two attached hydrogens (primary N) is 1. The van der Waals surface area contributed by atoms with Gasteiger partial charge in [0.15, 0.2) is 5.82 Å². The van der Waals surface area contributed by atoms with Crippen LogP contribution in [0.3, 0.4) is 0 Å². The number of ether oxygens (including phenoxy) is 1. The predicted molar refractivity (Wildman–Crippen MR) is 75.8 cm³/mol. The summed E-state index contributed by atoms with van der Waals surface area (Å²) >= 11 is 0. The average molecular weight is 263 g/mol. The van der Waals surface area contributed by atoms with Gasteiger partial charge in [0.05, 0.1) is 0 Å². The van der Waals surface area contributed by atoms with Crippen LogP contribution in [0.4, 0.5) is 0 Å². The molecule has 1 unspecified atom stereocenters. The highest BCUT2D eigenvalue weighted by atomic mass is 16.5. The molecule has 1 aromatic rings. The van der Waals surface area contributed by atoms with Gasteiger partial charge in [0, 0.05) is 31.5 Å². The highest BCUT2D eigenvalue weighted by molar-refractivity contribution is 5.10. The second-order valence-electron chi connectivity index (χ2n) is 5.50. The van der Waals surface area contributed by atoms with E-state index in [2.05, 4.69) is 11.9 Å². The summed E-state index contributed by atoms with van der Waals surface area (Å²) in [7, 11) is 1.78. The standard InChI is InChI=1S/C15H25N3O/c1-3-12(16)11-13-7-10-17-14(18-13)15(19-2)8-5-4-6-9-15/h7,10,12H,3-6,8-9,11,16H2,1-2H3. The van der Waals surface area contributed by atoms with Crippen LogP contribution in [0.2, 0.25) is 0 Å². The molecule has 0 aromatic carbocycles. The molecule has 19 heavy (non-hydrogen) atoms. The van der Waals surface area contributed by atoms with Crippen molar-refractivity contribution in [1.82, 2.24) is 9.97 Å². The van der Waals surface area contributed by atoms with Crippen LogP contribution < -0.4 is 5.73 Å². The van der Waals surface area contributed by atoms with E-state index in [0.717, 1.165) is 37.2 Å². The lowest BCUT2D eigenvalue weighted by atomic mass is 9.84. The third-order valence-corrected chi connectivity index (χ3v) is 4.17. The summed E-state index contributed by atoms with van der Waals surface area (Å²) in [6, 6.07) is 2.14. The van der Waals surface area contributed by atoms with Crippen molar-refractivity contribution in [2.45, 2.75) is 63.5 Å². The Morgan fingerprint density at radius 1 is 1.37 bits per heavy atom.